The number of Topliss-reactive ketones (excluding diaryl/α,β-unsaturated/α-hetero) is 1. The fourth-order valence-corrected chi connectivity index (χ4v) is 2.17. The van der Waals surface area contributed by atoms with Crippen molar-refractivity contribution in [1.82, 2.24) is 9.97 Å². The quantitative estimate of drug-likeness (QED) is 0.378. The van der Waals surface area contributed by atoms with Gasteiger partial charge in [0.1, 0.15) is 11.4 Å². The lowest BCUT2D eigenvalue weighted by Gasteiger charge is -2.03. The summed E-state index contributed by atoms with van der Waals surface area (Å²) in [6.07, 6.45) is 9.13. The van der Waals surface area contributed by atoms with Crippen LogP contribution in [0.25, 0.3) is 6.08 Å². The number of ether oxygens (including phenoxy) is 2. The Kier molecular flexibility index (Phi) is 7.76. The molecule has 26 heavy (non-hydrogen) atoms. The third-order valence-corrected chi connectivity index (χ3v) is 3.62. The second-order valence-electron chi connectivity index (χ2n) is 5.35. The fourth-order valence-electron chi connectivity index (χ4n) is 2.06. The lowest BCUT2D eigenvalue weighted by atomic mass is 10.1. The van der Waals surface area contributed by atoms with Gasteiger partial charge in [-0.05, 0) is 30.2 Å². The number of carbonyl (C=O) groups is 2. The summed E-state index contributed by atoms with van der Waals surface area (Å²) < 4.78 is 10.2. The number of ketones is 1. The van der Waals surface area contributed by atoms with Gasteiger partial charge in [-0.25, -0.2) is 0 Å². The van der Waals surface area contributed by atoms with Crippen LogP contribution in [0.2, 0.25) is 5.02 Å². The highest BCUT2D eigenvalue weighted by atomic mass is 35.5. The number of hydrogen-bond acceptors (Lipinski definition) is 6. The van der Waals surface area contributed by atoms with E-state index in [9.17, 15) is 9.59 Å². The van der Waals surface area contributed by atoms with Crippen LogP contribution in [0.15, 0.2) is 42.9 Å². The molecule has 2 rings (SSSR count). The minimum atomic E-state index is -0.413. The van der Waals surface area contributed by atoms with Crippen LogP contribution in [0.3, 0.4) is 0 Å². The van der Waals surface area contributed by atoms with Crippen molar-refractivity contribution in [1.29, 1.82) is 0 Å². The highest BCUT2D eigenvalue weighted by molar-refractivity contribution is 6.30. The summed E-state index contributed by atoms with van der Waals surface area (Å²) in [5.74, 6) is 0.0474. The van der Waals surface area contributed by atoms with Crippen molar-refractivity contribution >= 4 is 29.4 Å². The first-order valence-corrected chi connectivity index (χ1v) is 8.42. The smallest absolute Gasteiger partial charge is 0.306 e. The summed E-state index contributed by atoms with van der Waals surface area (Å²) in [7, 11) is 1.58. The van der Waals surface area contributed by atoms with Crippen molar-refractivity contribution in [3.63, 3.8) is 0 Å². The molecular weight excluding hydrogens is 356 g/mol. The zero-order chi connectivity index (χ0) is 18.8. The molecule has 0 amide bonds. The summed E-state index contributed by atoms with van der Waals surface area (Å²) >= 11 is 5.72. The van der Waals surface area contributed by atoms with Gasteiger partial charge in [0.25, 0.3) is 0 Å². The van der Waals surface area contributed by atoms with Crippen molar-refractivity contribution < 1.29 is 19.1 Å². The molecule has 0 aliphatic rings. The number of rotatable bonds is 9. The van der Waals surface area contributed by atoms with Crippen LogP contribution in [0, 0.1) is 0 Å². The van der Waals surface area contributed by atoms with Crippen molar-refractivity contribution in [2.24, 2.45) is 0 Å². The Labute approximate surface area is 156 Å². The third kappa shape index (κ3) is 6.64. The van der Waals surface area contributed by atoms with Gasteiger partial charge in [-0.1, -0.05) is 23.8 Å². The van der Waals surface area contributed by atoms with E-state index in [0.717, 1.165) is 5.56 Å². The molecule has 0 aromatic carbocycles. The number of nitrogens with zero attached hydrogens (tertiary/aromatic N) is 2. The van der Waals surface area contributed by atoms with E-state index in [0.29, 0.717) is 17.2 Å². The molecule has 7 heteroatoms. The number of esters is 1. The molecule has 2 heterocycles. The van der Waals surface area contributed by atoms with Gasteiger partial charge in [0, 0.05) is 18.8 Å². The molecule has 2 aromatic heterocycles. The minimum absolute atomic E-state index is 0.0205. The van der Waals surface area contributed by atoms with E-state index in [4.69, 9.17) is 21.1 Å². The molecular formula is C19H19ClN2O4. The Balaban J connectivity index is 1.66. The number of carbonyl (C=O) groups excluding carboxylic acids is 2. The van der Waals surface area contributed by atoms with Gasteiger partial charge < -0.3 is 9.47 Å². The summed E-state index contributed by atoms with van der Waals surface area (Å²) in [6, 6.07) is 4.98. The van der Waals surface area contributed by atoms with Crippen LogP contribution in [0.4, 0.5) is 0 Å². The second kappa shape index (κ2) is 10.3. The summed E-state index contributed by atoms with van der Waals surface area (Å²) in [4.78, 5) is 31.6. The Morgan fingerprint density at radius 3 is 2.77 bits per heavy atom. The maximum atomic E-state index is 11.9. The van der Waals surface area contributed by atoms with Crippen LogP contribution in [0.1, 0.15) is 35.3 Å². The Bertz CT molecular complexity index is 775. The normalized spacial score (nSPS) is 10.7. The van der Waals surface area contributed by atoms with Gasteiger partial charge in [-0.15, -0.1) is 0 Å². The van der Waals surface area contributed by atoms with Gasteiger partial charge in [0.15, 0.2) is 5.78 Å². The molecule has 0 spiro atoms. The molecule has 0 saturated carbocycles. The van der Waals surface area contributed by atoms with Gasteiger partial charge >= 0.3 is 5.97 Å². The largest absolute Gasteiger partial charge is 0.495 e. The molecule has 0 fully saturated rings. The molecule has 0 atom stereocenters. The number of methoxy groups -OCH3 is 1. The first-order chi connectivity index (χ1) is 12.6. The second-order valence-corrected chi connectivity index (χ2v) is 5.79. The fraction of sp³-hybridized carbons (Fsp3) is 0.263. The minimum Gasteiger partial charge on any atom is -0.495 e. The lowest BCUT2D eigenvalue weighted by Crippen LogP contribution is -2.09. The predicted octanol–water partition coefficient (Wildman–Crippen LogP) is 3.75. The van der Waals surface area contributed by atoms with E-state index in [2.05, 4.69) is 9.97 Å². The molecule has 2 aromatic rings. The first-order valence-electron chi connectivity index (χ1n) is 8.04. The van der Waals surface area contributed by atoms with E-state index >= 15 is 0 Å². The number of pyridine rings is 2. The molecule has 136 valence electrons. The molecule has 0 bridgehead atoms. The molecule has 0 radical (unpaired) electrons. The van der Waals surface area contributed by atoms with Gasteiger partial charge in [0.2, 0.25) is 0 Å². The molecule has 0 saturated heterocycles. The standard InChI is InChI=1S/C19H19ClN2O4/c1-25-16-10-14(11-21-13-16)4-2-3-9-26-19(24)8-7-18(23)17-6-5-15(20)12-22-17/h2,4-6,10-13H,3,7-9H2,1H3/b4-2+. The molecule has 0 aliphatic heterocycles. The van der Waals surface area contributed by atoms with Crippen LogP contribution in [-0.4, -0.2) is 35.4 Å². The summed E-state index contributed by atoms with van der Waals surface area (Å²) in [5.41, 5.74) is 1.19. The monoisotopic (exact) mass is 374 g/mol. The first kappa shape index (κ1) is 19.6. The Morgan fingerprint density at radius 1 is 1.19 bits per heavy atom. The van der Waals surface area contributed by atoms with E-state index < -0.39 is 5.97 Å². The Morgan fingerprint density at radius 2 is 2.04 bits per heavy atom. The van der Waals surface area contributed by atoms with E-state index in [-0.39, 0.29) is 30.9 Å². The average molecular weight is 375 g/mol. The third-order valence-electron chi connectivity index (χ3n) is 3.40. The summed E-state index contributed by atoms with van der Waals surface area (Å²) in [5, 5.41) is 0.457. The highest BCUT2D eigenvalue weighted by Gasteiger charge is 2.11. The van der Waals surface area contributed by atoms with Gasteiger partial charge in [-0.2, -0.15) is 0 Å². The zero-order valence-electron chi connectivity index (χ0n) is 14.4. The topological polar surface area (TPSA) is 78.4 Å². The maximum Gasteiger partial charge on any atom is 0.306 e. The molecule has 6 nitrogen and oxygen atoms in total. The van der Waals surface area contributed by atoms with Crippen LogP contribution < -0.4 is 4.74 Å². The van der Waals surface area contributed by atoms with Crippen molar-refractivity contribution in [3.05, 3.63) is 59.1 Å². The van der Waals surface area contributed by atoms with Crippen molar-refractivity contribution in [3.8, 4) is 5.75 Å². The van der Waals surface area contributed by atoms with Crippen LogP contribution in [-0.2, 0) is 9.53 Å². The van der Waals surface area contributed by atoms with Crippen molar-refractivity contribution in [2.75, 3.05) is 13.7 Å². The molecule has 0 unspecified atom stereocenters. The van der Waals surface area contributed by atoms with Gasteiger partial charge in [0.05, 0.1) is 31.4 Å². The average Bonchev–Trinajstić information content (AvgIpc) is 2.66. The van der Waals surface area contributed by atoms with Crippen LogP contribution in [0.5, 0.6) is 5.75 Å². The molecule has 0 aliphatic carbocycles. The van der Waals surface area contributed by atoms with E-state index in [1.165, 1.54) is 12.3 Å². The maximum absolute atomic E-state index is 11.9. The van der Waals surface area contributed by atoms with Gasteiger partial charge in [-0.3, -0.25) is 19.6 Å². The molecule has 0 N–H and O–H groups in total. The zero-order valence-corrected chi connectivity index (χ0v) is 15.1. The highest BCUT2D eigenvalue weighted by Crippen LogP contribution is 2.12. The summed E-state index contributed by atoms with van der Waals surface area (Å²) in [6.45, 7) is 0.250. The number of hydrogen-bond donors (Lipinski definition) is 0. The Hall–Kier alpha value is -2.73. The SMILES string of the molecule is COc1cncc(/C=C/CCOC(=O)CCC(=O)c2ccc(Cl)cn2)c1. The predicted molar refractivity (Wildman–Crippen MR) is 98.2 cm³/mol. The number of halogens is 1. The van der Waals surface area contributed by atoms with E-state index in [1.807, 2.05) is 18.2 Å². The lowest BCUT2D eigenvalue weighted by molar-refractivity contribution is -0.143. The van der Waals surface area contributed by atoms with E-state index in [1.54, 1.807) is 25.6 Å². The number of aromatic nitrogens is 2. The van der Waals surface area contributed by atoms with Crippen LogP contribution >= 0.6 is 11.6 Å². The van der Waals surface area contributed by atoms with Crippen molar-refractivity contribution in [2.45, 2.75) is 19.3 Å².